The third kappa shape index (κ3) is 1.56. The second kappa shape index (κ2) is 4.05. The highest BCUT2D eigenvalue weighted by atomic mass is 16.4. The SMILES string of the molecule is O=C1CC2(CCCCC2)C(=O)N1C1(C(=O)O)CCC1. The summed E-state index contributed by atoms with van der Waals surface area (Å²) in [7, 11) is 0. The molecule has 3 rings (SSSR count). The van der Waals surface area contributed by atoms with Crippen molar-refractivity contribution in [2.45, 2.75) is 63.3 Å². The summed E-state index contributed by atoms with van der Waals surface area (Å²) in [6.45, 7) is 0. The van der Waals surface area contributed by atoms with E-state index >= 15 is 0 Å². The van der Waals surface area contributed by atoms with Crippen LogP contribution in [0.2, 0.25) is 0 Å². The van der Waals surface area contributed by atoms with E-state index in [1.54, 1.807) is 0 Å². The maximum atomic E-state index is 12.7. The fourth-order valence-corrected chi connectivity index (χ4v) is 3.89. The summed E-state index contributed by atoms with van der Waals surface area (Å²) in [6, 6.07) is 0. The summed E-state index contributed by atoms with van der Waals surface area (Å²) in [4.78, 5) is 37.5. The molecule has 1 spiro atoms. The van der Waals surface area contributed by atoms with Crippen LogP contribution in [0.25, 0.3) is 0 Å². The quantitative estimate of drug-likeness (QED) is 0.771. The summed E-state index contributed by atoms with van der Waals surface area (Å²) >= 11 is 0. The number of rotatable bonds is 2. The highest BCUT2D eigenvalue weighted by Gasteiger charge is 2.62. The van der Waals surface area contributed by atoms with Gasteiger partial charge in [0.15, 0.2) is 0 Å². The number of hydrogen-bond donors (Lipinski definition) is 1. The van der Waals surface area contributed by atoms with E-state index in [1.165, 1.54) is 0 Å². The van der Waals surface area contributed by atoms with E-state index < -0.39 is 16.9 Å². The zero-order chi connectivity index (χ0) is 13.7. The molecule has 2 aliphatic carbocycles. The number of nitrogens with zero attached hydrogens (tertiary/aromatic N) is 1. The molecule has 1 N–H and O–H groups in total. The van der Waals surface area contributed by atoms with E-state index in [4.69, 9.17) is 0 Å². The highest BCUT2D eigenvalue weighted by molar-refractivity contribution is 6.09. The van der Waals surface area contributed by atoms with Crippen LogP contribution in [-0.2, 0) is 14.4 Å². The molecular weight excluding hydrogens is 246 g/mol. The summed E-state index contributed by atoms with van der Waals surface area (Å²) < 4.78 is 0. The summed E-state index contributed by atoms with van der Waals surface area (Å²) in [5.41, 5.74) is -1.80. The third-order valence-electron chi connectivity index (χ3n) is 5.21. The first-order chi connectivity index (χ1) is 9.02. The molecule has 104 valence electrons. The number of carbonyl (C=O) groups excluding carboxylic acids is 2. The van der Waals surface area contributed by atoms with Crippen LogP contribution in [-0.4, -0.2) is 33.3 Å². The zero-order valence-electron chi connectivity index (χ0n) is 11.0. The predicted molar refractivity (Wildman–Crippen MR) is 66.2 cm³/mol. The van der Waals surface area contributed by atoms with Crippen molar-refractivity contribution in [3.8, 4) is 0 Å². The Bertz CT molecular complexity index is 446. The molecule has 2 saturated carbocycles. The van der Waals surface area contributed by atoms with Gasteiger partial charge >= 0.3 is 5.97 Å². The van der Waals surface area contributed by atoms with E-state index in [-0.39, 0.29) is 18.2 Å². The lowest BCUT2D eigenvalue weighted by Crippen LogP contribution is -2.62. The molecule has 19 heavy (non-hydrogen) atoms. The molecule has 0 aromatic rings. The Morgan fingerprint density at radius 3 is 2.11 bits per heavy atom. The van der Waals surface area contributed by atoms with Gasteiger partial charge in [-0.1, -0.05) is 19.3 Å². The van der Waals surface area contributed by atoms with Crippen molar-refractivity contribution in [1.29, 1.82) is 0 Å². The van der Waals surface area contributed by atoms with E-state index in [9.17, 15) is 19.5 Å². The molecule has 0 radical (unpaired) electrons. The second-order valence-corrected chi connectivity index (χ2v) is 6.24. The van der Waals surface area contributed by atoms with Gasteiger partial charge in [0.1, 0.15) is 5.54 Å². The van der Waals surface area contributed by atoms with Gasteiger partial charge < -0.3 is 5.11 Å². The molecular formula is C14H19NO4. The number of aliphatic carboxylic acids is 1. The van der Waals surface area contributed by atoms with Crippen molar-refractivity contribution in [3.63, 3.8) is 0 Å². The standard InChI is InChI=1S/C14H19NO4/c16-10-9-13(5-2-1-3-6-13)11(17)15(10)14(12(18)19)7-4-8-14/h1-9H2,(H,18,19). The van der Waals surface area contributed by atoms with Crippen molar-refractivity contribution < 1.29 is 19.5 Å². The van der Waals surface area contributed by atoms with E-state index in [0.29, 0.717) is 12.8 Å². The molecule has 2 amide bonds. The summed E-state index contributed by atoms with van der Waals surface area (Å²) in [5.74, 6) is -1.50. The minimum atomic E-state index is -1.23. The average Bonchev–Trinajstić information content (AvgIpc) is 2.53. The van der Waals surface area contributed by atoms with Gasteiger partial charge in [-0.25, -0.2) is 4.79 Å². The molecule has 5 nitrogen and oxygen atoms in total. The lowest BCUT2D eigenvalue weighted by molar-refractivity contribution is -0.170. The Balaban J connectivity index is 1.93. The first kappa shape index (κ1) is 12.6. The molecule has 5 heteroatoms. The first-order valence-corrected chi connectivity index (χ1v) is 7.13. The maximum absolute atomic E-state index is 12.7. The van der Waals surface area contributed by atoms with Crippen LogP contribution in [0.4, 0.5) is 0 Å². The van der Waals surface area contributed by atoms with E-state index in [1.807, 2.05) is 0 Å². The van der Waals surface area contributed by atoms with E-state index in [2.05, 4.69) is 0 Å². The minimum absolute atomic E-state index is 0.209. The Labute approximate surface area is 112 Å². The minimum Gasteiger partial charge on any atom is -0.479 e. The molecule has 1 aliphatic heterocycles. The number of hydrogen-bond acceptors (Lipinski definition) is 3. The normalized spacial score (nSPS) is 28.5. The monoisotopic (exact) mass is 265 g/mol. The summed E-state index contributed by atoms with van der Waals surface area (Å²) in [5, 5.41) is 9.42. The summed E-state index contributed by atoms with van der Waals surface area (Å²) in [6.07, 6.45) is 6.34. The van der Waals surface area contributed by atoms with Crippen molar-refractivity contribution in [1.82, 2.24) is 4.90 Å². The van der Waals surface area contributed by atoms with Gasteiger partial charge in [0, 0.05) is 6.42 Å². The largest absolute Gasteiger partial charge is 0.479 e. The molecule has 0 atom stereocenters. The Morgan fingerprint density at radius 2 is 1.63 bits per heavy atom. The third-order valence-corrected chi connectivity index (χ3v) is 5.21. The number of carboxylic acid groups (broad SMARTS) is 1. The number of amides is 2. The van der Waals surface area contributed by atoms with E-state index in [0.717, 1.165) is 43.4 Å². The van der Waals surface area contributed by atoms with Gasteiger partial charge in [-0.15, -0.1) is 0 Å². The number of carboxylic acids is 1. The van der Waals surface area contributed by atoms with Gasteiger partial charge in [0.2, 0.25) is 11.8 Å². The van der Waals surface area contributed by atoms with Crippen molar-refractivity contribution in [2.24, 2.45) is 5.41 Å². The van der Waals surface area contributed by atoms with Crippen molar-refractivity contribution in [3.05, 3.63) is 0 Å². The number of imide groups is 1. The predicted octanol–water partition coefficient (Wildman–Crippen LogP) is 1.70. The van der Waals surface area contributed by atoms with Crippen molar-refractivity contribution >= 4 is 17.8 Å². The molecule has 0 aromatic carbocycles. The fourth-order valence-electron chi connectivity index (χ4n) is 3.89. The molecule has 3 aliphatic rings. The topological polar surface area (TPSA) is 74.7 Å². The molecule has 0 unspecified atom stereocenters. The average molecular weight is 265 g/mol. The lowest BCUT2D eigenvalue weighted by Gasteiger charge is -2.44. The van der Waals surface area contributed by atoms with Crippen molar-refractivity contribution in [2.75, 3.05) is 0 Å². The van der Waals surface area contributed by atoms with Gasteiger partial charge in [0.05, 0.1) is 5.41 Å². The van der Waals surface area contributed by atoms with Crippen LogP contribution in [0.15, 0.2) is 0 Å². The number of likely N-dealkylation sites (tertiary alicyclic amines) is 1. The highest BCUT2D eigenvalue weighted by Crippen LogP contribution is 2.50. The molecule has 0 bridgehead atoms. The Morgan fingerprint density at radius 1 is 1.00 bits per heavy atom. The molecule has 1 heterocycles. The maximum Gasteiger partial charge on any atom is 0.330 e. The van der Waals surface area contributed by atoms with Gasteiger partial charge in [-0.05, 0) is 32.1 Å². The zero-order valence-corrected chi connectivity index (χ0v) is 11.0. The Kier molecular flexibility index (Phi) is 2.69. The van der Waals surface area contributed by atoms with Crippen LogP contribution in [0.1, 0.15) is 57.8 Å². The number of carbonyl (C=O) groups is 3. The van der Waals surface area contributed by atoms with Crippen LogP contribution in [0, 0.1) is 5.41 Å². The molecule has 0 aromatic heterocycles. The molecule has 1 saturated heterocycles. The van der Waals surface area contributed by atoms with Gasteiger partial charge in [-0.3, -0.25) is 14.5 Å². The Hall–Kier alpha value is -1.39. The lowest BCUT2D eigenvalue weighted by atomic mass is 9.72. The fraction of sp³-hybridized carbons (Fsp3) is 0.786. The van der Waals surface area contributed by atoms with Gasteiger partial charge in [-0.2, -0.15) is 0 Å². The smallest absolute Gasteiger partial charge is 0.330 e. The van der Waals surface area contributed by atoms with Crippen LogP contribution in [0.3, 0.4) is 0 Å². The first-order valence-electron chi connectivity index (χ1n) is 7.13. The van der Waals surface area contributed by atoms with Crippen LogP contribution in [0.5, 0.6) is 0 Å². The molecule has 3 fully saturated rings. The second-order valence-electron chi connectivity index (χ2n) is 6.24. The van der Waals surface area contributed by atoms with Gasteiger partial charge in [0.25, 0.3) is 0 Å². The van der Waals surface area contributed by atoms with Crippen LogP contribution >= 0.6 is 0 Å². The van der Waals surface area contributed by atoms with Crippen LogP contribution < -0.4 is 0 Å².